The van der Waals surface area contributed by atoms with Gasteiger partial charge in [0.25, 0.3) is 0 Å². The second-order valence-corrected chi connectivity index (χ2v) is 6.59. The highest BCUT2D eigenvalue weighted by atomic mass is 16.7. The number of aromatic hydroxyl groups is 1. The van der Waals surface area contributed by atoms with Crippen molar-refractivity contribution in [1.29, 1.82) is 0 Å². The van der Waals surface area contributed by atoms with Crippen molar-refractivity contribution >= 4 is 5.91 Å². The van der Waals surface area contributed by atoms with Gasteiger partial charge < -0.3 is 40.3 Å². The third-order valence-electron chi connectivity index (χ3n) is 4.50. The number of phenols is 1. The Bertz CT molecular complexity index is 638. The Labute approximate surface area is 157 Å². The third-order valence-corrected chi connectivity index (χ3v) is 4.50. The van der Waals surface area contributed by atoms with E-state index < -0.39 is 37.3 Å². The van der Waals surface area contributed by atoms with Crippen LogP contribution in [-0.4, -0.2) is 75.3 Å². The van der Waals surface area contributed by atoms with Crippen molar-refractivity contribution in [2.75, 3.05) is 13.2 Å². The number of carbonyl (C=O) groups is 1. The molecule has 1 saturated heterocycles. The van der Waals surface area contributed by atoms with Crippen LogP contribution < -0.4 is 10.1 Å². The van der Waals surface area contributed by atoms with Crippen molar-refractivity contribution in [3.8, 4) is 11.5 Å². The van der Waals surface area contributed by atoms with Crippen molar-refractivity contribution < 1.29 is 39.8 Å². The predicted octanol–water partition coefficient (Wildman–Crippen LogP) is -0.799. The van der Waals surface area contributed by atoms with E-state index in [1.54, 1.807) is 6.07 Å². The summed E-state index contributed by atoms with van der Waals surface area (Å²) >= 11 is 0. The van der Waals surface area contributed by atoms with Gasteiger partial charge in [-0.1, -0.05) is 13.0 Å². The van der Waals surface area contributed by atoms with Gasteiger partial charge in [-0.05, 0) is 24.5 Å². The van der Waals surface area contributed by atoms with Crippen LogP contribution in [0.2, 0.25) is 0 Å². The van der Waals surface area contributed by atoms with E-state index in [1.165, 1.54) is 12.1 Å². The van der Waals surface area contributed by atoms with Crippen LogP contribution in [0.5, 0.6) is 11.5 Å². The summed E-state index contributed by atoms with van der Waals surface area (Å²) in [6.07, 6.45) is -6.77. The van der Waals surface area contributed by atoms with Gasteiger partial charge in [0, 0.05) is 19.0 Å². The first-order valence-electron chi connectivity index (χ1n) is 8.85. The van der Waals surface area contributed by atoms with Gasteiger partial charge in [0.15, 0.2) is 0 Å². The molecule has 152 valence electrons. The summed E-state index contributed by atoms with van der Waals surface area (Å²) in [4.78, 5) is 11.7. The van der Waals surface area contributed by atoms with E-state index in [-0.39, 0.29) is 29.7 Å². The van der Waals surface area contributed by atoms with Gasteiger partial charge >= 0.3 is 0 Å². The lowest BCUT2D eigenvalue weighted by atomic mass is 9.96. The van der Waals surface area contributed by atoms with E-state index >= 15 is 0 Å². The fraction of sp³-hybridized carbons (Fsp3) is 0.611. The van der Waals surface area contributed by atoms with Gasteiger partial charge in [0.05, 0.1) is 6.61 Å². The van der Waals surface area contributed by atoms with Gasteiger partial charge in [-0.25, -0.2) is 0 Å². The molecule has 0 aromatic heterocycles. The molecule has 0 spiro atoms. The first-order chi connectivity index (χ1) is 12.8. The Morgan fingerprint density at radius 3 is 2.56 bits per heavy atom. The van der Waals surface area contributed by atoms with Crippen molar-refractivity contribution in [2.24, 2.45) is 0 Å². The maximum atomic E-state index is 11.7. The molecule has 1 amide bonds. The molecule has 0 radical (unpaired) electrons. The standard InChI is InChI=1S/C18H27NO8/c1-3-19-14(22)6-9(2)11-5-4-10(7-12(11)21)26-18-17(25)16(24)15(23)13(8-20)27-18/h4-5,7,9,13,15-18,20-21,23-25H,3,6,8H2,1-2H3,(H,19,22)/t9?,13?,15?,16-,17?,18?/m0/s1. The molecule has 9 heteroatoms. The number of ether oxygens (including phenoxy) is 2. The zero-order valence-corrected chi connectivity index (χ0v) is 15.3. The molecule has 1 aliphatic rings. The summed E-state index contributed by atoms with van der Waals surface area (Å²) in [6.45, 7) is 3.60. The van der Waals surface area contributed by atoms with Crippen molar-refractivity contribution in [1.82, 2.24) is 5.32 Å². The lowest BCUT2D eigenvalue weighted by Crippen LogP contribution is -2.60. The van der Waals surface area contributed by atoms with Gasteiger partial charge in [-0.3, -0.25) is 4.79 Å². The van der Waals surface area contributed by atoms with Crippen LogP contribution in [0.1, 0.15) is 31.7 Å². The molecule has 6 N–H and O–H groups in total. The Kier molecular flexibility index (Phi) is 7.40. The number of amides is 1. The molecule has 1 fully saturated rings. The monoisotopic (exact) mass is 385 g/mol. The number of nitrogens with one attached hydrogen (secondary N) is 1. The molecule has 0 aliphatic carbocycles. The number of hydrogen-bond acceptors (Lipinski definition) is 8. The number of carbonyl (C=O) groups excluding carboxylic acids is 1. The molecule has 2 rings (SSSR count). The fourth-order valence-electron chi connectivity index (χ4n) is 2.97. The van der Waals surface area contributed by atoms with Crippen molar-refractivity contribution in [3.63, 3.8) is 0 Å². The molecule has 5 unspecified atom stereocenters. The van der Waals surface area contributed by atoms with E-state index in [1.807, 2.05) is 13.8 Å². The summed E-state index contributed by atoms with van der Waals surface area (Å²) in [7, 11) is 0. The van der Waals surface area contributed by atoms with E-state index in [4.69, 9.17) is 9.47 Å². The zero-order chi connectivity index (χ0) is 20.1. The number of aliphatic hydroxyl groups is 4. The highest BCUT2D eigenvalue weighted by Crippen LogP contribution is 2.33. The van der Waals surface area contributed by atoms with Gasteiger partial charge in [0.1, 0.15) is 35.9 Å². The average molecular weight is 385 g/mol. The molecule has 0 bridgehead atoms. The Morgan fingerprint density at radius 2 is 1.96 bits per heavy atom. The first kappa shape index (κ1) is 21.4. The highest BCUT2D eigenvalue weighted by Gasteiger charge is 2.44. The van der Waals surface area contributed by atoms with Crippen LogP contribution in [0.3, 0.4) is 0 Å². The molecule has 1 aromatic rings. The first-order valence-corrected chi connectivity index (χ1v) is 8.85. The van der Waals surface area contributed by atoms with E-state index in [0.717, 1.165) is 0 Å². The van der Waals surface area contributed by atoms with Crippen LogP contribution in [0.15, 0.2) is 18.2 Å². The van der Waals surface area contributed by atoms with Gasteiger partial charge in [0.2, 0.25) is 12.2 Å². The predicted molar refractivity (Wildman–Crippen MR) is 94.2 cm³/mol. The minimum absolute atomic E-state index is 0.0890. The largest absolute Gasteiger partial charge is 0.508 e. The maximum absolute atomic E-state index is 11.7. The lowest BCUT2D eigenvalue weighted by Gasteiger charge is -2.39. The minimum atomic E-state index is -1.55. The molecule has 27 heavy (non-hydrogen) atoms. The fourth-order valence-corrected chi connectivity index (χ4v) is 2.97. The van der Waals surface area contributed by atoms with Crippen LogP contribution in [0.4, 0.5) is 0 Å². The van der Waals surface area contributed by atoms with Crippen LogP contribution in [-0.2, 0) is 9.53 Å². The number of aliphatic hydroxyl groups excluding tert-OH is 4. The number of rotatable bonds is 7. The number of benzene rings is 1. The molecular weight excluding hydrogens is 358 g/mol. The van der Waals surface area contributed by atoms with Gasteiger partial charge in [-0.2, -0.15) is 0 Å². The molecule has 1 aliphatic heterocycles. The second kappa shape index (κ2) is 9.34. The van der Waals surface area contributed by atoms with E-state index in [2.05, 4.69) is 5.32 Å². The lowest BCUT2D eigenvalue weighted by molar-refractivity contribution is -0.277. The van der Waals surface area contributed by atoms with Crippen LogP contribution in [0, 0.1) is 0 Å². The maximum Gasteiger partial charge on any atom is 0.229 e. The van der Waals surface area contributed by atoms with Crippen molar-refractivity contribution in [2.45, 2.75) is 56.9 Å². The SMILES string of the molecule is CCNC(=O)CC(C)c1ccc(OC2OC(CO)C(O)[C@H](O)C2O)cc1O. The topological polar surface area (TPSA) is 149 Å². The molecule has 0 saturated carbocycles. The quantitative estimate of drug-likeness (QED) is 0.357. The molecule has 1 heterocycles. The number of hydrogen-bond donors (Lipinski definition) is 6. The third kappa shape index (κ3) is 5.08. The summed E-state index contributed by atoms with van der Waals surface area (Å²) in [5.41, 5.74) is 0.558. The molecule has 9 nitrogen and oxygen atoms in total. The Morgan fingerprint density at radius 1 is 1.26 bits per heavy atom. The Balaban J connectivity index is 2.07. The highest BCUT2D eigenvalue weighted by molar-refractivity contribution is 5.76. The zero-order valence-electron chi connectivity index (χ0n) is 15.3. The average Bonchev–Trinajstić information content (AvgIpc) is 2.62. The normalized spacial score (nSPS) is 29.2. The smallest absolute Gasteiger partial charge is 0.229 e. The van der Waals surface area contributed by atoms with Crippen molar-refractivity contribution in [3.05, 3.63) is 23.8 Å². The van der Waals surface area contributed by atoms with Crippen LogP contribution in [0.25, 0.3) is 0 Å². The summed E-state index contributed by atoms with van der Waals surface area (Å²) in [6, 6.07) is 4.44. The Hall–Kier alpha value is -1.91. The summed E-state index contributed by atoms with van der Waals surface area (Å²) in [5, 5.41) is 51.7. The molecule has 6 atom stereocenters. The van der Waals surface area contributed by atoms with E-state index in [0.29, 0.717) is 12.1 Å². The summed E-state index contributed by atoms with van der Waals surface area (Å²) in [5.74, 6) is -0.274. The van der Waals surface area contributed by atoms with Crippen LogP contribution >= 0.6 is 0 Å². The van der Waals surface area contributed by atoms with Gasteiger partial charge in [-0.15, -0.1) is 0 Å². The molecule has 1 aromatic carbocycles. The second-order valence-electron chi connectivity index (χ2n) is 6.59. The molecular formula is C18H27NO8. The van der Waals surface area contributed by atoms with E-state index in [9.17, 15) is 30.3 Å². The number of phenolic OH excluding ortho intramolecular Hbond substituents is 1. The minimum Gasteiger partial charge on any atom is -0.508 e. The summed E-state index contributed by atoms with van der Waals surface area (Å²) < 4.78 is 10.7.